The lowest BCUT2D eigenvalue weighted by molar-refractivity contribution is -0.113. The minimum absolute atomic E-state index is 0.00441. The highest BCUT2D eigenvalue weighted by molar-refractivity contribution is 7.99. The molecule has 29 heavy (non-hydrogen) atoms. The van der Waals surface area contributed by atoms with Gasteiger partial charge in [-0.05, 0) is 43.9 Å². The van der Waals surface area contributed by atoms with Gasteiger partial charge < -0.3 is 10.3 Å². The molecule has 1 aromatic carbocycles. The summed E-state index contributed by atoms with van der Waals surface area (Å²) in [5.74, 6) is 0.388. The number of amides is 1. The van der Waals surface area contributed by atoms with Gasteiger partial charge in [-0.15, -0.1) is 0 Å². The zero-order valence-corrected chi connectivity index (χ0v) is 18.4. The Balaban J connectivity index is 1.85. The van der Waals surface area contributed by atoms with E-state index in [1.165, 1.54) is 11.8 Å². The van der Waals surface area contributed by atoms with Gasteiger partial charge in [0.2, 0.25) is 5.91 Å². The van der Waals surface area contributed by atoms with E-state index in [1.807, 2.05) is 51.1 Å². The second kappa shape index (κ2) is 8.86. The number of para-hydroxylation sites is 1. The lowest BCUT2D eigenvalue weighted by Gasteiger charge is -2.17. The van der Waals surface area contributed by atoms with Crippen LogP contribution in [0.15, 0.2) is 40.3 Å². The summed E-state index contributed by atoms with van der Waals surface area (Å²) in [5.41, 5.74) is 3.89. The Labute approximate surface area is 175 Å². The smallest absolute Gasteiger partial charge is 0.278 e. The highest BCUT2D eigenvalue weighted by Gasteiger charge is 2.18. The van der Waals surface area contributed by atoms with E-state index in [2.05, 4.69) is 29.1 Å². The summed E-state index contributed by atoms with van der Waals surface area (Å²) >= 11 is 1.30. The first-order chi connectivity index (χ1) is 13.8. The third kappa shape index (κ3) is 4.56. The lowest BCUT2D eigenvalue weighted by atomic mass is 10.0. The number of carbonyl (C=O) groups is 1. The van der Waals surface area contributed by atoms with Crippen molar-refractivity contribution in [2.24, 2.45) is 0 Å². The Kier molecular flexibility index (Phi) is 6.47. The van der Waals surface area contributed by atoms with E-state index >= 15 is 0 Å². The van der Waals surface area contributed by atoms with Crippen molar-refractivity contribution in [3.8, 4) is 0 Å². The Morgan fingerprint density at radius 2 is 2.00 bits per heavy atom. The number of anilines is 1. The van der Waals surface area contributed by atoms with Crippen LogP contribution in [-0.2, 0) is 4.79 Å². The average Bonchev–Trinajstić information content (AvgIpc) is 3.06. The summed E-state index contributed by atoms with van der Waals surface area (Å²) in [6.07, 6.45) is 0.800. The van der Waals surface area contributed by atoms with Gasteiger partial charge in [0.15, 0.2) is 5.16 Å². The first-order valence-electron chi connectivity index (χ1n) is 9.95. The number of nitrogens with one attached hydrogen (secondary N) is 2. The van der Waals surface area contributed by atoms with Gasteiger partial charge in [0.1, 0.15) is 5.52 Å². The first-order valence-corrected chi connectivity index (χ1v) is 10.9. The van der Waals surface area contributed by atoms with Crippen LogP contribution in [0.3, 0.4) is 0 Å². The second-order valence-corrected chi connectivity index (χ2v) is 8.56. The van der Waals surface area contributed by atoms with Crippen molar-refractivity contribution >= 4 is 34.4 Å². The molecular formula is C22H28N4O2S. The van der Waals surface area contributed by atoms with Crippen molar-refractivity contribution in [1.29, 1.82) is 0 Å². The molecule has 7 heteroatoms. The van der Waals surface area contributed by atoms with E-state index in [0.29, 0.717) is 22.1 Å². The van der Waals surface area contributed by atoms with Crippen molar-refractivity contribution in [3.05, 3.63) is 51.9 Å². The maximum Gasteiger partial charge on any atom is 0.278 e. The minimum Gasteiger partial charge on any atom is -0.353 e. The van der Waals surface area contributed by atoms with Gasteiger partial charge in [-0.25, -0.2) is 4.98 Å². The predicted octanol–water partition coefficient (Wildman–Crippen LogP) is 4.86. The number of aryl methyl sites for hydroxylation is 1. The zero-order chi connectivity index (χ0) is 21.1. The monoisotopic (exact) mass is 412 g/mol. The van der Waals surface area contributed by atoms with E-state index in [4.69, 9.17) is 0 Å². The van der Waals surface area contributed by atoms with Crippen molar-refractivity contribution in [2.75, 3.05) is 11.1 Å². The van der Waals surface area contributed by atoms with Crippen molar-refractivity contribution in [3.63, 3.8) is 0 Å². The average molecular weight is 413 g/mol. The molecule has 0 bridgehead atoms. The van der Waals surface area contributed by atoms with Crippen molar-refractivity contribution in [1.82, 2.24) is 14.5 Å². The van der Waals surface area contributed by atoms with Gasteiger partial charge in [0.25, 0.3) is 5.56 Å². The molecule has 0 radical (unpaired) electrons. The molecule has 0 spiro atoms. The van der Waals surface area contributed by atoms with Crippen LogP contribution in [0.25, 0.3) is 11.0 Å². The summed E-state index contributed by atoms with van der Waals surface area (Å²) in [6.45, 7) is 10.1. The van der Waals surface area contributed by atoms with Crippen LogP contribution in [0.2, 0.25) is 0 Å². The topological polar surface area (TPSA) is 79.8 Å². The van der Waals surface area contributed by atoms with Crippen LogP contribution in [0.1, 0.15) is 57.3 Å². The molecule has 0 aliphatic carbocycles. The summed E-state index contributed by atoms with van der Waals surface area (Å²) in [6, 6.07) is 9.69. The van der Waals surface area contributed by atoms with Crippen molar-refractivity contribution < 1.29 is 4.79 Å². The Morgan fingerprint density at radius 3 is 2.69 bits per heavy atom. The van der Waals surface area contributed by atoms with Crippen LogP contribution in [0.5, 0.6) is 0 Å². The van der Waals surface area contributed by atoms with Gasteiger partial charge in [0.05, 0.1) is 11.3 Å². The highest BCUT2D eigenvalue weighted by Crippen LogP contribution is 2.25. The number of benzene rings is 1. The molecule has 0 saturated heterocycles. The lowest BCUT2D eigenvalue weighted by Crippen LogP contribution is -2.26. The zero-order valence-electron chi connectivity index (χ0n) is 17.6. The molecule has 3 rings (SSSR count). The van der Waals surface area contributed by atoms with Crippen LogP contribution in [-0.4, -0.2) is 26.2 Å². The number of hydrogen-bond donors (Lipinski definition) is 2. The largest absolute Gasteiger partial charge is 0.353 e. The molecule has 2 heterocycles. The maximum atomic E-state index is 13.0. The first kappa shape index (κ1) is 21.2. The van der Waals surface area contributed by atoms with Gasteiger partial charge in [-0.1, -0.05) is 50.7 Å². The molecule has 1 atom stereocenters. The van der Waals surface area contributed by atoms with Crippen LogP contribution in [0, 0.1) is 6.92 Å². The van der Waals surface area contributed by atoms with E-state index in [0.717, 1.165) is 23.4 Å². The third-order valence-electron chi connectivity index (χ3n) is 5.01. The fraction of sp³-hybridized carbons (Fsp3) is 0.409. The molecule has 3 aromatic rings. The number of hydrogen-bond acceptors (Lipinski definition) is 4. The van der Waals surface area contributed by atoms with Crippen LogP contribution >= 0.6 is 11.8 Å². The van der Waals surface area contributed by atoms with E-state index in [9.17, 15) is 9.59 Å². The summed E-state index contributed by atoms with van der Waals surface area (Å²) < 4.78 is 1.69. The molecule has 0 aliphatic rings. The number of aromatic nitrogens is 3. The minimum atomic E-state index is -0.113. The Hall–Kier alpha value is -2.54. The van der Waals surface area contributed by atoms with E-state index in [1.54, 1.807) is 4.57 Å². The van der Waals surface area contributed by atoms with Gasteiger partial charge in [-0.2, -0.15) is 0 Å². The maximum absolute atomic E-state index is 13.0. The fourth-order valence-corrected chi connectivity index (χ4v) is 4.19. The SMILES string of the molecule is CC[C@H](C)n1c(SCC(=O)Nc2ccccc2C(C)C)nc2cc(C)[nH]c2c1=O. The molecule has 0 saturated carbocycles. The number of aromatic amines is 1. The van der Waals surface area contributed by atoms with E-state index in [-0.39, 0.29) is 23.3 Å². The van der Waals surface area contributed by atoms with Gasteiger partial charge in [0, 0.05) is 17.4 Å². The van der Waals surface area contributed by atoms with E-state index < -0.39 is 0 Å². The van der Waals surface area contributed by atoms with Crippen molar-refractivity contribution in [2.45, 2.75) is 58.2 Å². The number of carbonyl (C=O) groups excluding carboxylic acids is 1. The molecule has 2 N–H and O–H groups in total. The van der Waals surface area contributed by atoms with Crippen LogP contribution in [0.4, 0.5) is 5.69 Å². The number of nitrogens with zero attached hydrogens (tertiary/aromatic N) is 2. The standard InChI is InChI=1S/C22H28N4O2S/c1-6-15(5)26-21(28)20-18(11-14(4)23-20)25-22(26)29-12-19(27)24-17-10-8-7-9-16(17)13(2)3/h7-11,13,15,23H,6,12H2,1-5H3,(H,24,27)/t15-/m0/s1. The number of thioether (sulfide) groups is 1. The molecular weight excluding hydrogens is 384 g/mol. The fourth-order valence-electron chi connectivity index (χ4n) is 3.29. The van der Waals surface area contributed by atoms with Gasteiger partial charge in [-0.3, -0.25) is 14.2 Å². The number of rotatable bonds is 7. The summed E-state index contributed by atoms with van der Waals surface area (Å²) in [5, 5.41) is 3.57. The van der Waals surface area contributed by atoms with Crippen LogP contribution < -0.4 is 10.9 Å². The molecule has 2 aromatic heterocycles. The molecule has 0 aliphatic heterocycles. The molecule has 154 valence electrons. The number of H-pyrrole nitrogens is 1. The molecule has 0 unspecified atom stereocenters. The van der Waals surface area contributed by atoms with Gasteiger partial charge >= 0.3 is 0 Å². The number of fused-ring (bicyclic) bond motifs is 1. The molecule has 6 nitrogen and oxygen atoms in total. The Bertz CT molecular complexity index is 1080. The second-order valence-electron chi connectivity index (χ2n) is 7.62. The summed E-state index contributed by atoms with van der Waals surface area (Å²) in [4.78, 5) is 33.4. The molecule has 0 fully saturated rings. The predicted molar refractivity (Wildman–Crippen MR) is 120 cm³/mol. The highest BCUT2D eigenvalue weighted by atomic mass is 32.2. The summed E-state index contributed by atoms with van der Waals surface area (Å²) in [7, 11) is 0. The third-order valence-corrected chi connectivity index (χ3v) is 5.96. The quantitative estimate of drug-likeness (QED) is 0.429. The molecule has 1 amide bonds. The normalized spacial score (nSPS) is 12.5. The Morgan fingerprint density at radius 1 is 1.28 bits per heavy atom.